The third-order valence-electron chi connectivity index (χ3n) is 9.81. The number of halogens is 6. The lowest BCUT2D eigenvalue weighted by Gasteiger charge is -2.38. The fourth-order valence-corrected chi connectivity index (χ4v) is 6.64. The molecule has 6 aromatic rings. The van der Waals surface area contributed by atoms with Crippen LogP contribution >= 0.6 is 0 Å². The molecule has 0 amide bonds. The highest BCUT2D eigenvalue weighted by Crippen LogP contribution is 2.56. The van der Waals surface area contributed by atoms with E-state index < -0.39 is 85.6 Å². The SMILES string of the molecule is O=C(O[C@@H](C(=O)c1ccccc1)c1ccc([N+](=O)[O-])cc1)c1ccc(C(c2ccc(C(=O)O[C@@H](C(=O)c3ccccc3)c3ccc([N+](=O)[O-])cc3)cc2)(C(F)(F)F)C(F)(F)F)cc1. The van der Waals surface area contributed by atoms with E-state index in [1.54, 1.807) is 12.1 Å². The van der Waals surface area contributed by atoms with E-state index in [1.807, 2.05) is 0 Å². The third-order valence-corrected chi connectivity index (χ3v) is 9.81. The number of ether oxygens (including phenoxy) is 2. The fourth-order valence-electron chi connectivity index (χ4n) is 6.64. The molecule has 0 aromatic heterocycles. The predicted octanol–water partition coefficient (Wildman–Crippen LogP) is 10.5. The molecule has 12 nitrogen and oxygen atoms in total. The topological polar surface area (TPSA) is 173 Å². The molecule has 0 unspecified atom stereocenters. The van der Waals surface area contributed by atoms with E-state index in [9.17, 15) is 39.4 Å². The third kappa shape index (κ3) is 9.19. The van der Waals surface area contributed by atoms with Crippen LogP contribution in [0.15, 0.2) is 158 Å². The van der Waals surface area contributed by atoms with E-state index in [-0.39, 0.29) is 33.6 Å². The number of Topliss-reactive ketones (excluding diaryl/α,β-unsaturated/α-hetero) is 2. The molecule has 0 aliphatic heterocycles. The van der Waals surface area contributed by atoms with Gasteiger partial charge in [-0.15, -0.1) is 0 Å². The van der Waals surface area contributed by atoms with Crippen LogP contribution in [0.1, 0.15) is 75.9 Å². The van der Waals surface area contributed by atoms with Gasteiger partial charge in [-0.05, 0) is 59.7 Å². The van der Waals surface area contributed by atoms with Crippen molar-refractivity contribution in [3.8, 4) is 0 Å². The summed E-state index contributed by atoms with van der Waals surface area (Å²) >= 11 is 0. The number of alkyl halides is 6. The molecular weight excluding hydrogens is 842 g/mol. The normalized spacial score (nSPS) is 12.7. The minimum atomic E-state index is -6.10. The Labute approximate surface area is 351 Å². The van der Waals surface area contributed by atoms with Crippen LogP contribution in [0.4, 0.5) is 37.7 Å². The maximum Gasteiger partial charge on any atom is 0.411 e. The lowest BCUT2D eigenvalue weighted by molar-refractivity contribution is -0.385. The van der Waals surface area contributed by atoms with Crippen molar-refractivity contribution in [1.82, 2.24) is 0 Å². The number of carbonyl (C=O) groups is 4. The van der Waals surface area contributed by atoms with E-state index in [4.69, 9.17) is 9.47 Å². The lowest BCUT2D eigenvalue weighted by Crippen LogP contribution is -2.54. The number of esters is 2. The number of ketones is 2. The van der Waals surface area contributed by atoms with Gasteiger partial charge in [-0.2, -0.15) is 26.3 Å². The van der Waals surface area contributed by atoms with Crippen molar-refractivity contribution in [2.24, 2.45) is 0 Å². The highest BCUT2D eigenvalue weighted by Gasteiger charge is 2.72. The summed E-state index contributed by atoms with van der Waals surface area (Å²) in [6.45, 7) is 0. The number of carbonyl (C=O) groups excluding carboxylic acids is 4. The van der Waals surface area contributed by atoms with Gasteiger partial charge in [0.25, 0.3) is 11.4 Å². The molecule has 0 aliphatic carbocycles. The summed E-state index contributed by atoms with van der Waals surface area (Å²) in [7, 11) is 0. The first-order chi connectivity index (χ1) is 29.8. The number of nitro benzene ring substituents is 2. The van der Waals surface area contributed by atoms with Gasteiger partial charge in [-0.1, -0.05) is 84.9 Å². The van der Waals surface area contributed by atoms with Crippen molar-refractivity contribution in [3.63, 3.8) is 0 Å². The van der Waals surface area contributed by atoms with Crippen LogP contribution in [-0.2, 0) is 14.9 Å². The molecule has 0 saturated carbocycles. The van der Waals surface area contributed by atoms with Crippen molar-refractivity contribution in [3.05, 3.63) is 222 Å². The highest BCUT2D eigenvalue weighted by molar-refractivity contribution is 6.03. The molecule has 0 N–H and O–H groups in total. The molecule has 0 saturated heterocycles. The van der Waals surface area contributed by atoms with Crippen LogP contribution in [0.25, 0.3) is 0 Å². The minimum absolute atomic E-state index is 0.0235. The van der Waals surface area contributed by atoms with E-state index >= 15 is 26.3 Å². The molecule has 0 fully saturated rings. The van der Waals surface area contributed by atoms with Gasteiger partial charge in [0.1, 0.15) is 0 Å². The van der Waals surface area contributed by atoms with Gasteiger partial charge in [0.15, 0.2) is 12.2 Å². The molecule has 0 bridgehead atoms. The van der Waals surface area contributed by atoms with E-state index in [1.165, 1.54) is 48.5 Å². The molecule has 0 heterocycles. The zero-order valence-corrected chi connectivity index (χ0v) is 31.9. The van der Waals surface area contributed by atoms with Crippen molar-refractivity contribution >= 4 is 34.9 Å². The standard InChI is InChI=1S/C45H28F6N2O10/c46-44(47,48)43(45(49,50)51,33-19-11-31(12-20-33)41(56)62-39(37(54)27-7-3-1-4-8-27)29-15-23-35(24-16-29)52(58)59)34-21-13-32(14-22-34)42(57)63-40(38(55)28-9-5-2-6-10-28)30-17-25-36(26-18-30)53(60)61/h1-26,39-40H/t39-,40-/m1/s1. The molecule has 18 heteroatoms. The number of hydrogen-bond acceptors (Lipinski definition) is 10. The summed E-state index contributed by atoms with van der Waals surface area (Å²) in [5, 5.41) is 22.4. The van der Waals surface area contributed by atoms with Gasteiger partial charge in [-0.3, -0.25) is 29.8 Å². The van der Waals surface area contributed by atoms with Gasteiger partial charge < -0.3 is 9.47 Å². The van der Waals surface area contributed by atoms with Gasteiger partial charge in [0, 0.05) is 46.5 Å². The number of non-ortho nitro benzene ring substituents is 2. The smallest absolute Gasteiger partial charge is 0.411 e. The van der Waals surface area contributed by atoms with E-state index in [0.29, 0.717) is 48.5 Å². The van der Waals surface area contributed by atoms with Crippen LogP contribution in [-0.4, -0.2) is 45.7 Å². The monoisotopic (exact) mass is 870 g/mol. The second-order valence-corrected chi connectivity index (χ2v) is 13.6. The maximum absolute atomic E-state index is 15.1. The first-order valence-corrected chi connectivity index (χ1v) is 18.3. The van der Waals surface area contributed by atoms with Crippen LogP contribution in [0.3, 0.4) is 0 Å². The zero-order valence-electron chi connectivity index (χ0n) is 31.9. The molecule has 0 spiro atoms. The van der Waals surface area contributed by atoms with Gasteiger partial charge in [-0.25, -0.2) is 9.59 Å². The summed E-state index contributed by atoms with van der Waals surface area (Å²) < 4.78 is 101. The number of hydrogen-bond donors (Lipinski definition) is 0. The Morgan fingerprint density at radius 3 is 1.00 bits per heavy atom. The molecule has 0 aliphatic rings. The number of benzene rings is 6. The number of nitrogens with zero attached hydrogens (tertiary/aromatic N) is 2. The molecule has 0 radical (unpaired) electrons. The number of rotatable bonds is 14. The van der Waals surface area contributed by atoms with Crippen LogP contribution < -0.4 is 0 Å². The lowest BCUT2D eigenvalue weighted by atomic mass is 9.72. The van der Waals surface area contributed by atoms with Crippen molar-refractivity contribution in [1.29, 1.82) is 0 Å². The van der Waals surface area contributed by atoms with Gasteiger partial charge in [0.05, 0.1) is 21.0 Å². The van der Waals surface area contributed by atoms with Gasteiger partial charge >= 0.3 is 24.3 Å². The summed E-state index contributed by atoms with van der Waals surface area (Å²) in [5.41, 5.74) is -9.33. The minimum Gasteiger partial charge on any atom is -0.445 e. The first kappa shape index (κ1) is 44.5. The molecule has 6 rings (SSSR count). The van der Waals surface area contributed by atoms with Crippen molar-refractivity contribution in [2.75, 3.05) is 0 Å². The predicted molar refractivity (Wildman–Crippen MR) is 210 cm³/mol. The summed E-state index contributed by atoms with van der Waals surface area (Å²) in [6, 6.07) is 27.7. The quantitative estimate of drug-likeness (QED) is 0.0337. The van der Waals surface area contributed by atoms with E-state index in [0.717, 1.165) is 48.5 Å². The second kappa shape index (κ2) is 17.9. The maximum atomic E-state index is 15.1. The second-order valence-electron chi connectivity index (χ2n) is 13.6. The summed E-state index contributed by atoms with van der Waals surface area (Å²) in [5.74, 6) is -4.25. The summed E-state index contributed by atoms with van der Waals surface area (Å²) in [6.07, 6.45) is -15.7. The fraction of sp³-hybridized carbons (Fsp3) is 0.111. The highest BCUT2D eigenvalue weighted by atomic mass is 19.4. The average Bonchev–Trinajstić information content (AvgIpc) is 3.27. The Balaban J connectivity index is 1.31. The number of nitro groups is 2. The summed E-state index contributed by atoms with van der Waals surface area (Å²) in [4.78, 5) is 74.6. The van der Waals surface area contributed by atoms with Crippen LogP contribution in [0.5, 0.6) is 0 Å². The largest absolute Gasteiger partial charge is 0.445 e. The Bertz CT molecular complexity index is 2470. The van der Waals surface area contributed by atoms with Crippen LogP contribution in [0, 0.1) is 20.2 Å². The Hall–Kier alpha value is -8.02. The molecule has 63 heavy (non-hydrogen) atoms. The van der Waals surface area contributed by atoms with Gasteiger partial charge in [0.2, 0.25) is 17.0 Å². The Morgan fingerprint density at radius 2 is 0.730 bits per heavy atom. The Kier molecular flexibility index (Phi) is 12.7. The Morgan fingerprint density at radius 1 is 0.429 bits per heavy atom. The van der Waals surface area contributed by atoms with E-state index in [2.05, 4.69) is 0 Å². The zero-order chi connectivity index (χ0) is 45.7. The van der Waals surface area contributed by atoms with Crippen molar-refractivity contribution < 1.29 is 64.8 Å². The molecule has 6 aromatic carbocycles. The first-order valence-electron chi connectivity index (χ1n) is 18.3. The molecule has 320 valence electrons. The van der Waals surface area contributed by atoms with Crippen LogP contribution in [0.2, 0.25) is 0 Å². The average molecular weight is 871 g/mol. The molecule has 2 atom stereocenters. The molecular formula is C45H28F6N2O10. The van der Waals surface area contributed by atoms with Crippen molar-refractivity contribution in [2.45, 2.75) is 30.0 Å².